The van der Waals surface area contributed by atoms with E-state index < -0.39 is 10.0 Å². The molecule has 0 radical (unpaired) electrons. The average Bonchev–Trinajstić information content (AvgIpc) is 3.20. The van der Waals surface area contributed by atoms with E-state index in [4.69, 9.17) is 0 Å². The number of hydrogen-bond acceptors (Lipinski definition) is 5. The van der Waals surface area contributed by atoms with Crippen molar-refractivity contribution in [2.45, 2.75) is 30.3 Å². The fraction of sp³-hybridized carbons (Fsp3) is 0.375. The molecule has 1 atom stereocenters. The lowest BCUT2D eigenvalue weighted by atomic mass is 10.2. The predicted octanol–water partition coefficient (Wildman–Crippen LogP) is 1.56. The summed E-state index contributed by atoms with van der Waals surface area (Å²) in [6.07, 6.45) is 5.90. The molecule has 7 nitrogen and oxygen atoms in total. The Labute approximate surface area is 141 Å². The zero-order valence-corrected chi connectivity index (χ0v) is 14.0. The van der Waals surface area contributed by atoms with Crippen LogP contribution in [0, 0.1) is 0 Å². The van der Waals surface area contributed by atoms with Gasteiger partial charge in [-0.2, -0.15) is 13.5 Å². The lowest BCUT2D eigenvalue weighted by Crippen LogP contribution is -2.40. The van der Waals surface area contributed by atoms with Gasteiger partial charge in [0.05, 0.1) is 18.8 Å². The highest BCUT2D eigenvalue weighted by molar-refractivity contribution is 7.90. The minimum atomic E-state index is -3.62. The SMILES string of the molecule is O=S1(=O)N=C(CN2CCCC2Cn2cccn2)Nc2ccccc21. The molecule has 0 saturated carbocycles. The fourth-order valence-electron chi connectivity index (χ4n) is 3.36. The van der Waals surface area contributed by atoms with E-state index in [1.165, 1.54) is 0 Å². The van der Waals surface area contributed by atoms with Crippen LogP contribution in [0.2, 0.25) is 0 Å². The highest BCUT2D eigenvalue weighted by Gasteiger charge is 2.29. The summed E-state index contributed by atoms with van der Waals surface area (Å²) in [5.74, 6) is 0.487. The van der Waals surface area contributed by atoms with Crippen LogP contribution in [-0.2, 0) is 16.6 Å². The van der Waals surface area contributed by atoms with Crippen LogP contribution in [0.15, 0.2) is 52.0 Å². The van der Waals surface area contributed by atoms with Crippen LogP contribution in [0.3, 0.4) is 0 Å². The maximum atomic E-state index is 12.3. The lowest BCUT2D eigenvalue weighted by molar-refractivity contribution is 0.256. The number of para-hydroxylation sites is 1. The standard InChI is InChI=1S/C16H19N5O2S/c22-24(23)15-7-2-1-6-14(15)18-16(19-24)12-20-9-3-5-13(20)11-21-10-4-8-17-21/h1-2,4,6-8,10,13H,3,5,9,11-12H2,(H,18,19). The third-order valence-electron chi connectivity index (χ3n) is 4.48. The first kappa shape index (κ1) is 15.3. The first-order valence-corrected chi connectivity index (χ1v) is 9.47. The molecule has 1 aromatic carbocycles. The van der Waals surface area contributed by atoms with E-state index in [0.717, 1.165) is 25.9 Å². The summed E-state index contributed by atoms with van der Waals surface area (Å²) in [5.41, 5.74) is 0.602. The molecule has 2 aliphatic heterocycles. The number of aromatic nitrogens is 2. The van der Waals surface area contributed by atoms with Gasteiger partial charge in [0.25, 0.3) is 10.0 Å². The van der Waals surface area contributed by atoms with Crippen molar-refractivity contribution in [3.63, 3.8) is 0 Å². The number of nitrogens with one attached hydrogen (secondary N) is 1. The van der Waals surface area contributed by atoms with E-state index in [0.29, 0.717) is 24.1 Å². The van der Waals surface area contributed by atoms with Gasteiger partial charge < -0.3 is 5.32 Å². The Hall–Kier alpha value is -2.19. The monoisotopic (exact) mass is 345 g/mol. The second kappa shape index (κ2) is 6.03. The maximum absolute atomic E-state index is 12.3. The topological polar surface area (TPSA) is 79.6 Å². The molecule has 3 heterocycles. The third-order valence-corrected chi connectivity index (χ3v) is 5.86. The first-order chi connectivity index (χ1) is 11.6. The Balaban J connectivity index is 1.52. The number of amidine groups is 1. The normalized spacial score (nSPS) is 22.7. The van der Waals surface area contributed by atoms with Crippen LogP contribution in [0.1, 0.15) is 12.8 Å². The van der Waals surface area contributed by atoms with Gasteiger partial charge >= 0.3 is 0 Å². The van der Waals surface area contributed by atoms with Crippen LogP contribution >= 0.6 is 0 Å². The molecule has 0 amide bonds. The van der Waals surface area contributed by atoms with Crippen molar-refractivity contribution in [1.29, 1.82) is 0 Å². The largest absolute Gasteiger partial charge is 0.341 e. The fourth-order valence-corrected chi connectivity index (χ4v) is 4.50. The molecule has 1 N–H and O–H groups in total. The Kier molecular flexibility index (Phi) is 3.85. The molecule has 1 saturated heterocycles. The van der Waals surface area contributed by atoms with Crippen LogP contribution in [0.25, 0.3) is 0 Å². The zero-order chi connectivity index (χ0) is 16.6. The van der Waals surface area contributed by atoms with Crippen LogP contribution in [0.5, 0.6) is 0 Å². The molecule has 0 aliphatic carbocycles. The summed E-state index contributed by atoms with van der Waals surface area (Å²) in [6, 6.07) is 9.13. The van der Waals surface area contributed by atoms with Crippen molar-refractivity contribution in [2.75, 3.05) is 18.4 Å². The van der Waals surface area contributed by atoms with E-state index in [1.54, 1.807) is 24.4 Å². The third kappa shape index (κ3) is 2.94. The van der Waals surface area contributed by atoms with Crippen molar-refractivity contribution < 1.29 is 8.42 Å². The minimum Gasteiger partial charge on any atom is -0.341 e. The number of hydrogen-bond donors (Lipinski definition) is 1. The molecular formula is C16H19N5O2S. The summed E-state index contributed by atoms with van der Waals surface area (Å²) >= 11 is 0. The highest BCUT2D eigenvalue weighted by atomic mass is 32.2. The number of nitrogens with zero attached hydrogens (tertiary/aromatic N) is 4. The van der Waals surface area contributed by atoms with Gasteiger partial charge in [0, 0.05) is 18.4 Å². The summed E-state index contributed by atoms with van der Waals surface area (Å²) < 4.78 is 30.6. The molecule has 1 aromatic heterocycles. The van der Waals surface area contributed by atoms with Crippen molar-refractivity contribution in [3.8, 4) is 0 Å². The molecule has 1 unspecified atom stereocenters. The summed E-state index contributed by atoms with van der Waals surface area (Å²) in [6.45, 7) is 2.25. The number of anilines is 1. The Morgan fingerprint density at radius 3 is 2.96 bits per heavy atom. The van der Waals surface area contributed by atoms with Gasteiger partial charge in [0.2, 0.25) is 0 Å². The number of benzene rings is 1. The van der Waals surface area contributed by atoms with Crippen molar-refractivity contribution >= 4 is 21.5 Å². The van der Waals surface area contributed by atoms with Crippen LogP contribution < -0.4 is 5.32 Å². The smallest absolute Gasteiger partial charge is 0.286 e. The van der Waals surface area contributed by atoms with Crippen LogP contribution in [0.4, 0.5) is 5.69 Å². The quantitative estimate of drug-likeness (QED) is 0.910. The molecule has 2 aromatic rings. The van der Waals surface area contributed by atoms with Gasteiger partial charge in [0.15, 0.2) is 0 Å². The molecule has 126 valence electrons. The van der Waals surface area contributed by atoms with Gasteiger partial charge in [-0.3, -0.25) is 9.58 Å². The van der Waals surface area contributed by atoms with Crippen LogP contribution in [-0.4, -0.2) is 48.1 Å². The van der Waals surface area contributed by atoms with E-state index in [1.807, 2.05) is 23.0 Å². The van der Waals surface area contributed by atoms with E-state index in [-0.39, 0.29) is 4.90 Å². The minimum absolute atomic E-state index is 0.239. The summed E-state index contributed by atoms with van der Waals surface area (Å²) in [7, 11) is -3.62. The van der Waals surface area contributed by atoms with E-state index >= 15 is 0 Å². The number of likely N-dealkylation sites (tertiary alicyclic amines) is 1. The van der Waals surface area contributed by atoms with Crippen molar-refractivity contribution in [1.82, 2.24) is 14.7 Å². The predicted molar refractivity (Wildman–Crippen MR) is 91.5 cm³/mol. The second-order valence-corrected chi connectivity index (χ2v) is 7.70. The molecule has 8 heteroatoms. The molecule has 24 heavy (non-hydrogen) atoms. The lowest BCUT2D eigenvalue weighted by Gasteiger charge is -2.27. The number of sulfonamides is 1. The highest BCUT2D eigenvalue weighted by Crippen LogP contribution is 2.27. The van der Waals surface area contributed by atoms with Crippen molar-refractivity contribution in [2.24, 2.45) is 4.40 Å². The summed E-state index contributed by atoms with van der Waals surface area (Å²) in [4.78, 5) is 2.51. The zero-order valence-electron chi connectivity index (χ0n) is 13.2. The van der Waals surface area contributed by atoms with Crippen molar-refractivity contribution in [3.05, 3.63) is 42.7 Å². The summed E-state index contributed by atoms with van der Waals surface area (Å²) in [5, 5.41) is 7.43. The number of rotatable bonds is 4. The first-order valence-electron chi connectivity index (χ1n) is 8.03. The van der Waals surface area contributed by atoms with E-state index in [9.17, 15) is 8.42 Å². The molecule has 2 aliphatic rings. The molecule has 0 spiro atoms. The molecule has 4 rings (SSSR count). The number of fused-ring (bicyclic) bond motifs is 1. The average molecular weight is 345 g/mol. The van der Waals surface area contributed by atoms with Gasteiger partial charge in [-0.15, -0.1) is 4.40 Å². The molecular weight excluding hydrogens is 326 g/mol. The van der Waals surface area contributed by atoms with Gasteiger partial charge in [-0.1, -0.05) is 12.1 Å². The van der Waals surface area contributed by atoms with E-state index in [2.05, 4.69) is 19.7 Å². The van der Waals surface area contributed by atoms with Gasteiger partial charge in [0.1, 0.15) is 10.7 Å². The molecule has 1 fully saturated rings. The Morgan fingerprint density at radius 2 is 2.12 bits per heavy atom. The molecule has 0 bridgehead atoms. The Morgan fingerprint density at radius 1 is 1.25 bits per heavy atom. The van der Waals surface area contributed by atoms with Gasteiger partial charge in [-0.25, -0.2) is 0 Å². The van der Waals surface area contributed by atoms with Gasteiger partial charge in [-0.05, 0) is 37.6 Å². The maximum Gasteiger partial charge on any atom is 0.286 e. The second-order valence-electron chi connectivity index (χ2n) is 6.13. The Bertz CT molecular complexity index is 860.